The fourth-order valence-electron chi connectivity index (χ4n) is 8.83. The first-order chi connectivity index (χ1) is 31.3. The quantitative estimate of drug-likeness (QED) is 0.169. The number of para-hydroxylation sites is 1. The molecule has 1 heterocycles. The van der Waals surface area contributed by atoms with Crippen molar-refractivity contribution in [3.05, 3.63) is 238 Å². The molecule has 9 aromatic carbocycles. The predicted molar refractivity (Wildman–Crippen MR) is 279 cm³/mol. The fraction of sp³-hybridized carbons (Fsp3) is 0.206. The van der Waals surface area contributed by atoms with Crippen LogP contribution in [0.5, 0.6) is 0 Å². The molecule has 0 aliphatic heterocycles. The van der Waals surface area contributed by atoms with Crippen LogP contribution in [0.25, 0.3) is 54.6 Å². The van der Waals surface area contributed by atoms with Gasteiger partial charge in [0, 0.05) is 16.2 Å². The molecule has 1 aliphatic carbocycles. The summed E-state index contributed by atoms with van der Waals surface area (Å²) in [5, 5.41) is 7.91. The SMILES string of the molecule is CCc1cccc2oc3ccccc3c12.Cc1ccc(C(C)C)cc1.Cc1ccc2c(c1)C(C)(C)c1cc(C)c3ccccc3c1-2.Cc1ccc2ccccc2c1.Cc1ccccc1F. The summed E-state index contributed by atoms with van der Waals surface area (Å²) in [4.78, 5) is 0. The minimum absolute atomic E-state index is 0.0888. The molecule has 11 rings (SSSR count). The van der Waals surface area contributed by atoms with Crippen LogP contribution < -0.4 is 0 Å². The van der Waals surface area contributed by atoms with Crippen molar-refractivity contribution in [2.75, 3.05) is 0 Å². The molecule has 2 heteroatoms. The van der Waals surface area contributed by atoms with Gasteiger partial charge in [0.1, 0.15) is 17.0 Å². The Morgan fingerprint density at radius 2 is 1.08 bits per heavy atom. The van der Waals surface area contributed by atoms with Gasteiger partial charge in [-0.25, -0.2) is 4.39 Å². The van der Waals surface area contributed by atoms with Gasteiger partial charge in [-0.05, 0) is 131 Å². The van der Waals surface area contributed by atoms with E-state index in [0.717, 1.165) is 17.6 Å². The first-order valence-corrected chi connectivity index (χ1v) is 23.0. The highest BCUT2D eigenvalue weighted by molar-refractivity contribution is 6.07. The molecule has 0 fully saturated rings. The Morgan fingerprint density at radius 3 is 1.75 bits per heavy atom. The first-order valence-electron chi connectivity index (χ1n) is 23.0. The average Bonchev–Trinajstić information content (AvgIpc) is 3.80. The van der Waals surface area contributed by atoms with E-state index in [4.69, 9.17) is 4.42 Å². The molecule has 0 atom stereocenters. The van der Waals surface area contributed by atoms with E-state index >= 15 is 0 Å². The van der Waals surface area contributed by atoms with E-state index in [1.54, 1.807) is 19.1 Å². The number of fused-ring (bicyclic) bond motifs is 9. The predicted octanol–water partition coefficient (Wildman–Crippen LogP) is 18.3. The maximum absolute atomic E-state index is 12.3. The molecule has 328 valence electrons. The smallest absolute Gasteiger partial charge is 0.135 e. The van der Waals surface area contributed by atoms with Crippen LogP contribution in [0.3, 0.4) is 0 Å². The van der Waals surface area contributed by atoms with Gasteiger partial charge in [0.05, 0.1) is 0 Å². The lowest BCUT2D eigenvalue weighted by Crippen LogP contribution is -2.15. The molecule has 1 aromatic heterocycles. The summed E-state index contributed by atoms with van der Waals surface area (Å²) in [6.07, 6.45) is 1.04. The minimum atomic E-state index is -0.132. The Balaban J connectivity index is 0.000000127. The van der Waals surface area contributed by atoms with Crippen LogP contribution in [0.4, 0.5) is 4.39 Å². The molecule has 0 radical (unpaired) electrons. The third-order valence-corrected chi connectivity index (χ3v) is 12.6. The Bertz CT molecular complexity index is 3180. The number of aryl methyl sites for hydroxylation is 6. The van der Waals surface area contributed by atoms with Crippen molar-refractivity contribution in [1.29, 1.82) is 0 Å². The third-order valence-electron chi connectivity index (χ3n) is 12.6. The van der Waals surface area contributed by atoms with Crippen LogP contribution in [0.15, 0.2) is 186 Å². The lowest BCUT2D eigenvalue weighted by Gasteiger charge is -2.22. The fourth-order valence-corrected chi connectivity index (χ4v) is 8.83. The molecule has 10 aromatic rings. The van der Waals surface area contributed by atoms with Crippen LogP contribution in [-0.2, 0) is 11.8 Å². The molecule has 0 N–H and O–H groups in total. The van der Waals surface area contributed by atoms with Crippen molar-refractivity contribution in [3.63, 3.8) is 0 Å². The lowest BCUT2D eigenvalue weighted by molar-refractivity contribution is 0.618. The molecule has 0 unspecified atom stereocenters. The molecule has 0 spiro atoms. The van der Waals surface area contributed by atoms with E-state index in [2.05, 4.69) is 202 Å². The van der Waals surface area contributed by atoms with Gasteiger partial charge in [0.2, 0.25) is 0 Å². The standard InChI is InChI=1S/C21H20.C14H12O.C11H10.C10H14.C7H7F/c1-13-9-10-17-18(11-13)21(3,4)19-12-14(2)15-7-5-6-8-16(15)20(17)19;1-2-10-6-5-9-13-14(10)11-7-3-4-8-12(11)15-13;1-9-6-7-10-4-2-3-5-11(10)8-9;1-8(2)10-6-4-9(3)5-7-10;1-6-4-2-3-5-7(6)8/h5-12H,1-4H3;3-9H,2H2,1H3;2-8H,1H3;4-8H,1-3H3;2-5H,1H3. The Kier molecular flexibility index (Phi) is 14.5. The molecular formula is C63H63FO. The van der Waals surface area contributed by atoms with E-state index in [1.165, 1.54) is 94.0 Å². The largest absolute Gasteiger partial charge is 0.456 e. The lowest BCUT2D eigenvalue weighted by atomic mass is 9.81. The van der Waals surface area contributed by atoms with Crippen LogP contribution in [0.1, 0.15) is 90.6 Å². The van der Waals surface area contributed by atoms with Gasteiger partial charge >= 0.3 is 0 Å². The topological polar surface area (TPSA) is 13.1 Å². The highest BCUT2D eigenvalue weighted by atomic mass is 19.1. The van der Waals surface area contributed by atoms with Gasteiger partial charge in [-0.2, -0.15) is 0 Å². The number of hydrogen-bond acceptors (Lipinski definition) is 1. The van der Waals surface area contributed by atoms with E-state index in [9.17, 15) is 4.39 Å². The summed E-state index contributed by atoms with van der Waals surface area (Å²) >= 11 is 0. The van der Waals surface area contributed by atoms with Gasteiger partial charge in [-0.15, -0.1) is 0 Å². The third kappa shape index (κ3) is 10.5. The summed E-state index contributed by atoms with van der Waals surface area (Å²) < 4.78 is 18.1. The summed E-state index contributed by atoms with van der Waals surface area (Å²) in [6.45, 7) is 21.7. The zero-order chi connectivity index (χ0) is 46.3. The van der Waals surface area contributed by atoms with E-state index in [0.29, 0.717) is 11.5 Å². The van der Waals surface area contributed by atoms with Crippen LogP contribution in [-0.4, -0.2) is 0 Å². The molecule has 1 nitrogen and oxygen atoms in total. The van der Waals surface area contributed by atoms with E-state index in [1.807, 2.05) is 24.3 Å². The van der Waals surface area contributed by atoms with Crippen LogP contribution >= 0.6 is 0 Å². The van der Waals surface area contributed by atoms with Crippen molar-refractivity contribution in [2.24, 2.45) is 0 Å². The van der Waals surface area contributed by atoms with Gasteiger partial charge < -0.3 is 4.42 Å². The van der Waals surface area contributed by atoms with Crippen molar-refractivity contribution in [3.8, 4) is 11.1 Å². The maximum Gasteiger partial charge on any atom is 0.135 e. The second-order valence-corrected chi connectivity index (χ2v) is 18.2. The van der Waals surface area contributed by atoms with Gasteiger partial charge in [-0.3, -0.25) is 0 Å². The minimum Gasteiger partial charge on any atom is -0.456 e. The molecule has 65 heavy (non-hydrogen) atoms. The average molecular weight is 855 g/mol. The number of hydrogen-bond donors (Lipinski definition) is 0. The zero-order valence-electron chi connectivity index (χ0n) is 39.9. The van der Waals surface area contributed by atoms with E-state index < -0.39 is 0 Å². The molecule has 0 saturated carbocycles. The summed E-state index contributed by atoms with van der Waals surface area (Å²) in [6, 6.07) is 62.9. The normalized spacial score (nSPS) is 11.9. The Hall–Kier alpha value is -6.77. The van der Waals surface area contributed by atoms with Crippen LogP contribution in [0.2, 0.25) is 0 Å². The Morgan fingerprint density at radius 1 is 0.492 bits per heavy atom. The highest BCUT2D eigenvalue weighted by Crippen LogP contribution is 2.52. The second-order valence-electron chi connectivity index (χ2n) is 18.2. The van der Waals surface area contributed by atoms with Crippen molar-refractivity contribution in [1.82, 2.24) is 0 Å². The summed E-state index contributed by atoms with van der Waals surface area (Å²) in [7, 11) is 0. The van der Waals surface area contributed by atoms with Crippen molar-refractivity contribution >= 4 is 43.5 Å². The zero-order valence-corrected chi connectivity index (χ0v) is 39.9. The number of benzene rings is 9. The monoisotopic (exact) mass is 854 g/mol. The molecule has 0 saturated heterocycles. The summed E-state index contributed by atoms with van der Waals surface area (Å²) in [5.41, 5.74) is 16.7. The highest BCUT2D eigenvalue weighted by Gasteiger charge is 2.36. The van der Waals surface area contributed by atoms with E-state index in [-0.39, 0.29) is 11.2 Å². The number of rotatable bonds is 2. The number of furan rings is 1. The Labute approximate surface area is 386 Å². The summed E-state index contributed by atoms with van der Waals surface area (Å²) in [5.74, 6) is 0.521. The molecular weight excluding hydrogens is 792 g/mol. The first kappa shape index (κ1) is 46.2. The van der Waals surface area contributed by atoms with Gasteiger partial charge in [0.25, 0.3) is 0 Å². The van der Waals surface area contributed by atoms with Crippen molar-refractivity contribution < 1.29 is 8.81 Å². The van der Waals surface area contributed by atoms with Gasteiger partial charge in [0.15, 0.2) is 0 Å². The second kappa shape index (κ2) is 20.4. The van der Waals surface area contributed by atoms with Gasteiger partial charge in [-0.1, -0.05) is 215 Å². The van der Waals surface area contributed by atoms with Crippen LogP contribution in [0, 0.1) is 40.4 Å². The van der Waals surface area contributed by atoms with Crippen molar-refractivity contribution in [2.45, 2.75) is 87.0 Å². The molecule has 0 bridgehead atoms. The maximum atomic E-state index is 12.3. The molecule has 0 amide bonds. The number of halogens is 1. The molecule has 1 aliphatic rings.